The molecule has 3 heterocycles. The number of carboxylic acids is 1. The normalized spacial score (nSPS) is 28.0. The van der Waals surface area contributed by atoms with Gasteiger partial charge in [-0.3, -0.25) is 19.2 Å². The summed E-state index contributed by atoms with van der Waals surface area (Å²) in [5.74, 6) is -0.804. The van der Waals surface area contributed by atoms with Crippen LogP contribution in [0.15, 0.2) is 53.2 Å². The van der Waals surface area contributed by atoms with Gasteiger partial charge in [-0.05, 0) is 102 Å². The van der Waals surface area contributed by atoms with Crippen LogP contribution in [-0.2, 0) is 38.1 Å². The predicted molar refractivity (Wildman–Crippen MR) is 198 cm³/mol. The molecule has 3 aliphatic heterocycles. The van der Waals surface area contributed by atoms with Crippen molar-refractivity contribution in [2.45, 2.75) is 141 Å². The number of benzene rings is 1. The first-order valence-corrected chi connectivity index (χ1v) is 18.7. The molecule has 13 heteroatoms. The van der Waals surface area contributed by atoms with Crippen LogP contribution in [0.25, 0.3) is 0 Å². The molecule has 1 aromatic carbocycles. The third-order valence-corrected chi connectivity index (χ3v) is 9.95. The van der Waals surface area contributed by atoms with Crippen LogP contribution in [0, 0.1) is 5.92 Å². The fourth-order valence-electron chi connectivity index (χ4n) is 6.85. The molecule has 3 aliphatic rings. The topological polar surface area (TPSA) is 174 Å². The average molecular weight is 740 g/mol. The molecular weight excluding hydrogens is 682 g/mol. The van der Waals surface area contributed by atoms with Gasteiger partial charge in [-0.15, -0.1) is 0 Å². The number of allylic oxidation sites excluding steroid dienone is 1. The Kier molecular flexibility index (Phi) is 15.6. The highest BCUT2D eigenvalue weighted by Gasteiger charge is 2.51. The highest BCUT2D eigenvalue weighted by Crippen LogP contribution is 2.44. The molecule has 8 unspecified atom stereocenters. The summed E-state index contributed by atoms with van der Waals surface area (Å²) in [5, 5.41) is 16.1. The van der Waals surface area contributed by atoms with E-state index in [0.717, 1.165) is 37.7 Å². The van der Waals surface area contributed by atoms with Gasteiger partial charge in [-0.1, -0.05) is 18.6 Å². The van der Waals surface area contributed by atoms with Gasteiger partial charge in [0.15, 0.2) is 0 Å². The van der Waals surface area contributed by atoms with Crippen LogP contribution < -0.4 is 15.5 Å². The van der Waals surface area contributed by atoms with Crippen molar-refractivity contribution < 1.29 is 48.0 Å². The highest BCUT2D eigenvalue weighted by molar-refractivity contribution is 5.99. The van der Waals surface area contributed by atoms with Crippen molar-refractivity contribution in [2.24, 2.45) is 11.0 Å². The van der Waals surface area contributed by atoms with Gasteiger partial charge in [-0.25, -0.2) is 5.43 Å². The summed E-state index contributed by atoms with van der Waals surface area (Å²) >= 11 is 0. The molecule has 0 aromatic heterocycles. The molecule has 2 amide bonds. The lowest BCUT2D eigenvalue weighted by Gasteiger charge is -2.39. The molecular formula is C40H57N3O10. The number of amides is 2. The fourth-order valence-corrected chi connectivity index (χ4v) is 6.85. The van der Waals surface area contributed by atoms with Crippen molar-refractivity contribution in [1.29, 1.82) is 0 Å². The summed E-state index contributed by atoms with van der Waals surface area (Å²) < 4.78 is 29.2. The molecule has 3 N–H and O–H groups in total. The van der Waals surface area contributed by atoms with E-state index in [1.54, 1.807) is 25.1 Å². The van der Waals surface area contributed by atoms with E-state index in [2.05, 4.69) is 35.8 Å². The van der Waals surface area contributed by atoms with Gasteiger partial charge in [0.25, 0.3) is 0 Å². The molecule has 0 saturated carbocycles. The molecule has 13 nitrogen and oxygen atoms in total. The zero-order valence-corrected chi connectivity index (χ0v) is 31.9. The number of rotatable bonds is 18. The number of aliphatic carboxylic acids is 1. The summed E-state index contributed by atoms with van der Waals surface area (Å²) in [6.45, 7) is 12.1. The Hall–Kier alpha value is -4.07. The molecule has 4 rings (SSSR count). The van der Waals surface area contributed by atoms with Crippen molar-refractivity contribution in [3.05, 3.63) is 53.6 Å². The smallest absolute Gasteiger partial charge is 0.303 e. The lowest BCUT2D eigenvalue weighted by Crippen LogP contribution is -2.50. The van der Waals surface area contributed by atoms with E-state index in [9.17, 15) is 19.2 Å². The Morgan fingerprint density at radius 3 is 2.45 bits per heavy atom. The predicted octanol–water partition coefficient (Wildman–Crippen LogP) is 5.40. The van der Waals surface area contributed by atoms with Crippen LogP contribution in [0.3, 0.4) is 0 Å². The molecule has 292 valence electrons. The largest absolute Gasteiger partial charge is 0.494 e. The van der Waals surface area contributed by atoms with Crippen molar-refractivity contribution in [3.63, 3.8) is 0 Å². The zero-order chi connectivity index (χ0) is 38.5. The number of carboxylic acid groups (broad SMARTS) is 1. The van der Waals surface area contributed by atoms with Gasteiger partial charge in [0.2, 0.25) is 11.8 Å². The maximum atomic E-state index is 12.9. The molecule has 1 spiro atoms. The van der Waals surface area contributed by atoms with E-state index in [1.807, 2.05) is 26.0 Å². The third-order valence-electron chi connectivity index (χ3n) is 9.95. The van der Waals surface area contributed by atoms with E-state index < -0.39 is 18.0 Å². The summed E-state index contributed by atoms with van der Waals surface area (Å²) in [4.78, 5) is 47.1. The molecule has 1 aromatic rings. The number of hydrogen-bond donors (Lipinski definition) is 3. The number of hydrogen-bond acceptors (Lipinski definition) is 10. The quantitative estimate of drug-likeness (QED) is 0.0337. The van der Waals surface area contributed by atoms with Crippen LogP contribution in [-0.4, -0.2) is 89.9 Å². The van der Waals surface area contributed by atoms with Crippen molar-refractivity contribution >= 4 is 29.5 Å². The van der Waals surface area contributed by atoms with E-state index in [1.165, 1.54) is 18.6 Å². The summed E-state index contributed by atoms with van der Waals surface area (Å²) in [7, 11) is 0. The number of hydrazone groups is 1. The van der Waals surface area contributed by atoms with Crippen molar-refractivity contribution in [3.8, 4) is 5.75 Å². The van der Waals surface area contributed by atoms with Gasteiger partial charge in [-0.2, -0.15) is 5.10 Å². The maximum absolute atomic E-state index is 12.9. The highest BCUT2D eigenvalue weighted by atomic mass is 16.6. The first-order valence-electron chi connectivity index (χ1n) is 18.7. The number of nitrogens with one attached hydrogen (secondary N) is 2. The Bertz CT molecular complexity index is 1500. The van der Waals surface area contributed by atoms with Gasteiger partial charge in [0.05, 0.1) is 61.4 Å². The summed E-state index contributed by atoms with van der Waals surface area (Å²) in [5.41, 5.74) is 5.20. The van der Waals surface area contributed by atoms with E-state index in [4.69, 9.17) is 28.8 Å². The number of esters is 1. The van der Waals surface area contributed by atoms with Crippen LogP contribution in [0.2, 0.25) is 0 Å². The van der Waals surface area contributed by atoms with Crippen LogP contribution in [0.4, 0.5) is 0 Å². The molecule has 3 saturated heterocycles. The van der Waals surface area contributed by atoms with Crippen molar-refractivity contribution in [2.75, 3.05) is 13.2 Å². The molecule has 3 fully saturated rings. The first-order chi connectivity index (χ1) is 25.2. The van der Waals surface area contributed by atoms with Crippen LogP contribution >= 0.6 is 0 Å². The standard InChI is InChI=1S/C40H57N3O10/c1-25(10-17-36-26(2)20-35(29(5)52-36)41-37(45)18-11-27(3)51-30(6)44)9-14-33-22-40(24-50-40)23-34(53-33)21-38(46)43-42-28(4)31-12-15-32(16-13-31)49-19-7-8-39(47)48/h10-13,15-16,18,26-27,29,33-36H,7-9,14,17,19-24H2,1-6H3,(H,41,45)(H,43,46)(H,47,48). The minimum atomic E-state index is -0.847. The second-order valence-corrected chi connectivity index (χ2v) is 14.8. The zero-order valence-electron chi connectivity index (χ0n) is 31.9. The van der Waals surface area contributed by atoms with Gasteiger partial charge >= 0.3 is 11.9 Å². The summed E-state index contributed by atoms with van der Waals surface area (Å²) in [6.07, 6.45) is 9.84. The lowest BCUT2D eigenvalue weighted by molar-refractivity contribution is -0.143. The average Bonchev–Trinajstić information content (AvgIpc) is 3.84. The minimum Gasteiger partial charge on any atom is -0.494 e. The molecule has 0 radical (unpaired) electrons. The van der Waals surface area contributed by atoms with Crippen LogP contribution in [0.1, 0.15) is 105 Å². The number of ether oxygens (including phenoxy) is 5. The Balaban J connectivity index is 1.18. The number of nitrogens with zero attached hydrogens (tertiary/aromatic N) is 1. The van der Waals surface area contributed by atoms with E-state index in [-0.39, 0.29) is 66.6 Å². The monoisotopic (exact) mass is 739 g/mol. The second-order valence-electron chi connectivity index (χ2n) is 14.8. The first kappa shape index (κ1) is 41.7. The van der Waals surface area contributed by atoms with Gasteiger partial charge in [0, 0.05) is 32.3 Å². The van der Waals surface area contributed by atoms with E-state index >= 15 is 0 Å². The fraction of sp³-hybridized carbons (Fsp3) is 0.625. The number of epoxide rings is 1. The molecule has 0 aliphatic carbocycles. The number of carbonyl (C=O) groups excluding carboxylic acids is 3. The van der Waals surface area contributed by atoms with E-state index in [0.29, 0.717) is 37.5 Å². The van der Waals surface area contributed by atoms with Gasteiger partial charge in [0.1, 0.15) is 11.9 Å². The lowest BCUT2D eigenvalue weighted by atomic mass is 9.87. The maximum Gasteiger partial charge on any atom is 0.303 e. The Morgan fingerprint density at radius 1 is 1.06 bits per heavy atom. The molecule has 53 heavy (non-hydrogen) atoms. The second kappa shape index (κ2) is 19.8. The van der Waals surface area contributed by atoms with Crippen LogP contribution in [0.5, 0.6) is 5.75 Å². The SMILES string of the molecule is CC(=O)OC(C)C=CC(=O)NC1CC(C)C(CC=C(C)CCC2CC3(CO3)CC(CC(=O)NN=C(C)c3ccc(OCCCC(=O)O)cc3)O2)OC1C. The summed E-state index contributed by atoms with van der Waals surface area (Å²) in [6, 6.07) is 7.16. The van der Waals surface area contributed by atoms with Gasteiger partial charge < -0.3 is 34.1 Å². The molecule has 0 bridgehead atoms. The molecule has 8 atom stereocenters. The van der Waals surface area contributed by atoms with Crippen molar-refractivity contribution in [1.82, 2.24) is 10.7 Å². The number of carbonyl (C=O) groups is 4. The third kappa shape index (κ3) is 14.4. The minimum absolute atomic E-state index is 0.0113. The Morgan fingerprint density at radius 2 is 1.77 bits per heavy atom. The Labute approximate surface area is 312 Å².